The molecule has 3 aliphatic rings. The Morgan fingerprint density at radius 1 is 1.24 bits per heavy atom. The molecule has 1 aliphatic carbocycles. The van der Waals surface area contributed by atoms with Crippen LogP contribution in [0.25, 0.3) is 6.08 Å². The van der Waals surface area contributed by atoms with E-state index in [1.807, 2.05) is 13.0 Å². The zero-order valence-electron chi connectivity index (χ0n) is 16.4. The van der Waals surface area contributed by atoms with Crippen LogP contribution in [0, 0.1) is 6.92 Å². The van der Waals surface area contributed by atoms with E-state index in [0.717, 1.165) is 29.0 Å². The van der Waals surface area contributed by atoms with Crippen molar-refractivity contribution in [2.24, 2.45) is 0 Å². The highest BCUT2D eigenvalue weighted by Crippen LogP contribution is 2.45. The van der Waals surface area contributed by atoms with Crippen molar-refractivity contribution in [2.75, 3.05) is 13.8 Å². The third kappa shape index (κ3) is 3.09. The Morgan fingerprint density at radius 3 is 2.69 bits per heavy atom. The average Bonchev–Trinajstić information content (AvgIpc) is 3.53. The van der Waals surface area contributed by atoms with E-state index in [4.69, 9.17) is 14.2 Å². The fourth-order valence-electron chi connectivity index (χ4n) is 3.91. The molecule has 0 saturated heterocycles. The standard InChI is InChI=1S/C23H21NO5/c1-13-9-18-17(11-24(12-28-18)16-7-8-16)22-20(13)21(25)19(29-22)10-14-3-5-15(6-4-14)23(26)27-2/h3-6,9-10,16H,7-8,11-12H2,1-2H3/b19-10-. The van der Waals surface area contributed by atoms with E-state index in [1.165, 1.54) is 20.0 Å². The first-order valence-corrected chi connectivity index (χ1v) is 9.71. The summed E-state index contributed by atoms with van der Waals surface area (Å²) in [6.45, 7) is 3.22. The molecule has 1 saturated carbocycles. The van der Waals surface area contributed by atoms with Gasteiger partial charge >= 0.3 is 5.97 Å². The van der Waals surface area contributed by atoms with E-state index in [1.54, 1.807) is 30.3 Å². The summed E-state index contributed by atoms with van der Waals surface area (Å²) in [5.41, 5.74) is 3.65. The third-order valence-electron chi connectivity index (χ3n) is 5.64. The number of benzene rings is 2. The van der Waals surface area contributed by atoms with E-state index < -0.39 is 5.97 Å². The van der Waals surface area contributed by atoms with Crippen LogP contribution in [0.5, 0.6) is 11.5 Å². The Morgan fingerprint density at radius 2 is 2.00 bits per heavy atom. The Kier molecular flexibility index (Phi) is 4.17. The summed E-state index contributed by atoms with van der Waals surface area (Å²) < 4.78 is 16.7. The molecule has 0 unspecified atom stereocenters. The van der Waals surface area contributed by atoms with Crippen LogP contribution in [0.3, 0.4) is 0 Å². The van der Waals surface area contributed by atoms with Gasteiger partial charge in [0.05, 0.1) is 23.8 Å². The Bertz CT molecular complexity index is 1050. The first kappa shape index (κ1) is 17.9. The number of rotatable bonds is 3. The quantitative estimate of drug-likeness (QED) is 0.587. The van der Waals surface area contributed by atoms with Crippen molar-refractivity contribution in [3.05, 3.63) is 63.9 Å². The number of esters is 1. The predicted molar refractivity (Wildman–Crippen MR) is 106 cm³/mol. The second-order valence-corrected chi connectivity index (χ2v) is 7.68. The van der Waals surface area contributed by atoms with Crippen molar-refractivity contribution in [3.8, 4) is 11.5 Å². The summed E-state index contributed by atoms with van der Waals surface area (Å²) in [5.74, 6) is 1.18. The molecule has 6 heteroatoms. The number of carbonyl (C=O) groups excluding carboxylic acids is 2. The molecule has 1 fully saturated rings. The second kappa shape index (κ2) is 6.74. The van der Waals surface area contributed by atoms with Crippen LogP contribution in [0.1, 0.15) is 50.2 Å². The van der Waals surface area contributed by atoms with Crippen molar-refractivity contribution in [1.82, 2.24) is 4.90 Å². The fraction of sp³-hybridized carbons (Fsp3) is 0.304. The molecule has 148 valence electrons. The minimum atomic E-state index is -0.396. The van der Waals surface area contributed by atoms with Crippen LogP contribution in [-0.2, 0) is 11.3 Å². The van der Waals surface area contributed by atoms with E-state index in [2.05, 4.69) is 4.90 Å². The van der Waals surface area contributed by atoms with E-state index in [0.29, 0.717) is 29.6 Å². The van der Waals surface area contributed by atoms with Crippen molar-refractivity contribution >= 4 is 17.8 Å². The van der Waals surface area contributed by atoms with Gasteiger partial charge in [-0.15, -0.1) is 0 Å². The van der Waals surface area contributed by atoms with E-state index in [9.17, 15) is 9.59 Å². The van der Waals surface area contributed by atoms with E-state index >= 15 is 0 Å². The van der Waals surface area contributed by atoms with Gasteiger partial charge in [0.15, 0.2) is 5.76 Å². The lowest BCUT2D eigenvalue weighted by Crippen LogP contribution is -2.34. The van der Waals surface area contributed by atoms with Crippen molar-refractivity contribution in [2.45, 2.75) is 32.4 Å². The molecule has 2 aliphatic heterocycles. The normalized spacial score (nSPS) is 19.4. The second-order valence-electron chi connectivity index (χ2n) is 7.68. The zero-order chi connectivity index (χ0) is 20.1. The molecule has 0 aromatic heterocycles. The van der Waals surface area contributed by atoms with Gasteiger partial charge in [0.25, 0.3) is 0 Å². The summed E-state index contributed by atoms with van der Waals surface area (Å²) in [5, 5.41) is 0. The number of ketones is 1. The molecule has 0 spiro atoms. The molecular weight excluding hydrogens is 370 g/mol. The molecule has 0 N–H and O–H groups in total. The highest BCUT2D eigenvalue weighted by atomic mass is 16.5. The molecule has 5 rings (SSSR count). The van der Waals surface area contributed by atoms with Crippen molar-refractivity contribution in [1.29, 1.82) is 0 Å². The molecule has 2 heterocycles. The predicted octanol–water partition coefficient (Wildman–Crippen LogP) is 3.71. The summed E-state index contributed by atoms with van der Waals surface area (Å²) in [4.78, 5) is 26.9. The number of hydrogen-bond acceptors (Lipinski definition) is 6. The summed E-state index contributed by atoms with van der Waals surface area (Å²) >= 11 is 0. The molecule has 2 aromatic carbocycles. The van der Waals surface area contributed by atoms with Crippen molar-refractivity contribution < 1.29 is 23.8 Å². The van der Waals surface area contributed by atoms with Gasteiger partial charge in [-0.2, -0.15) is 0 Å². The largest absolute Gasteiger partial charge is 0.478 e. The Balaban J connectivity index is 1.47. The lowest BCUT2D eigenvalue weighted by molar-refractivity contribution is 0.0600. The van der Waals surface area contributed by atoms with Crippen LogP contribution in [0.15, 0.2) is 36.1 Å². The van der Waals surface area contributed by atoms with Crippen LogP contribution >= 0.6 is 0 Å². The molecule has 0 atom stereocenters. The van der Waals surface area contributed by atoms with Crippen molar-refractivity contribution in [3.63, 3.8) is 0 Å². The molecule has 0 amide bonds. The number of allylic oxidation sites excluding steroid dienone is 1. The van der Waals surface area contributed by atoms with Crippen LogP contribution < -0.4 is 9.47 Å². The maximum absolute atomic E-state index is 13.0. The number of aryl methyl sites for hydroxylation is 1. The first-order chi connectivity index (χ1) is 14.0. The highest BCUT2D eigenvalue weighted by Gasteiger charge is 2.38. The van der Waals surface area contributed by atoms with Crippen LogP contribution in [-0.4, -0.2) is 36.5 Å². The average molecular weight is 391 g/mol. The smallest absolute Gasteiger partial charge is 0.337 e. The topological polar surface area (TPSA) is 65.1 Å². The van der Waals surface area contributed by atoms with Gasteiger partial charge in [0.1, 0.15) is 18.2 Å². The van der Waals surface area contributed by atoms with Gasteiger partial charge in [-0.1, -0.05) is 12.1 Å². The fourth-order valence-corrected chi connectivity index (χ4v) is 3.91. The number of carbonyl (C=O) groups is 2. The minimum absolute atomic E-state index is 0.124. The summed E-state index contributed by atoms with van der Waals surface area (Å²) in [6.07, 6.45) is 4.09. The SMILES string of the molecule is COC(=O)c1ccc(/C=C2\Oc3c4c(cc(C)c3C2=O)OCN(C2CC2)C4)cc1. The first-order valence-electron chi connectivity index (χ1n) is 9.71. The number of methoxy groups -OCH3 is 1. The molecule has 6 nitrogen and oxygen atoms in total. The maximum Gasteiger partial charge on any atom is 0.337 e. The van der Waals surface area contributed by atoms with E-state index in [-0.39, 0.29) is 11.5 Å². The third-order valence-corrected chi connectivity index (χ3v) is 5.64. The lowest BCUT2D eigenvalue weighted by atomic mass is 9.98. The number of ether oxygens (including phenoxy) is 3. The summed E-state index contributed by atoms with van der Waals surface area (Å²) in [6, 6.07) is 9.37. The monoisotopic (exact) mass is 391 g/mol. The molecule has 0 bridgehead atoms. The van der Waals surface area contributed by atoms with Gasteiger partial charge in [-0.3, -0.25) is 9.69 Å². The van der Waals surface area contributed by atoms with Crippen LogP contribution in [0.2, 0.25) is 0 Å². The molecular formula is C23H21NO5. The number of fused-ring (bicyclic) bond motifs is 3. The Labute approximate surface area is 168 Å². The lowest BCUT2D eigenvalue weighted by Gasteiger charge is -2.30. The van der Waals surface area contributed by atoms with Gasteiger partial charge < -0.3 is 14.2 Å². The molecule has 2 aromatic rings. The maximum atomic E-state index is 13.0. The Hall–Kier alpha value is -3.12. The van der Waals surface area contributed by atoms with Gasteiger partial charge in [-0.25, -0.2) is 4.79 Å². The highest BCUT2D eigenvalue weighted by molar-refractivity contribution is 6.16. The van der Waals surface area contributed by atoms with Gasteiger partial charge in [-0.05, 0) is 55.2 Å². The van der Waals surface area contributed by atoms with Crippen LogP contribution in [0.4, 0.5) is 0 Å². The minimum Gasteiger partial charge on any atom is -0.478 e. The molecule has 29 heavy (non-hydrogen) atoms. The zero-order valence-corrected chi connectivity index (χ0v) is 16.4. The summed E-state index contributed by atoms with van der Waals surface area (Å²) in [7, 11) is 1.34. The molecule has 0 radical (unpaired) electrons. The number of nitrogens with zero attached hydrogens (tertiary/aromatic N) is 1. The number of hydrogen-bond donors (Lipinski definition) is 0. The van der Waals surface area contributed by atoms with Gasteiger partial charge in [0, 0.05) is 12.6 Å². The number of Topliss-reactive ketones (excluding diaryl/α,β-unsaturated/α-hetero) is 1. The van der Waals surface area contributed by atoms with Gasteiger partial charge in [0.2, 0.25) is 5.78 Å².